The highest BCUT2D eigenvalue weighted by Crippen LogP contribution is 2.29. The number of likely N-dealkylation sites (tertiary alicyclic amines) is 1. The lowest BCUT2D eigenvalue weighted by Crippen LogP contribution is -2.48. The molecule has 7 nitrogen and oxygen atoms in total. The molecule has 2 aliphatic rings. The quantitative estimate of drug-likeness (QED) is 0.665. The van der Waals surface area contributed by atoms with Crippen molar-refractivity contribution in [2.75, 3.05) is 20.1 Å². The highest BCUT2D eigenvalue weighted by atomic mass is 15.3. The Morgan fingerprint density at radius 2 is 2.11 bits per heavy atom. The molecule has 0 amide bonds. The van der Waals surface area contributed by atoms with Gasteiger partial charge in [-0.2, -0.15) is 5.10 Å². The molecule has 0 spiro atoms. The van der Waals surface area contributed by atoms with E-state index in [0.29, 0.717) is 24.5 Å². The van der Waals surface area contributed by atoms with Crippen molar-refractivity contribution in [3.05, 3.63) is 36.7 Å². The van der Waals surface area contributed by atoms with Crippen LogP contribution in [0.3, 0.4) is 0 Å². The SMILES string of the molecule is CN=C(NCc1ccn(C2CCCC2)n1)N1CCC(C)C(n2ccnc2)C1. The van der Waals surface area contributed by atoms with Crippen molar-refractivity contribution in [2.45, 2.75) is 57.7 Å². The Bertz CT molecular complexity index is 742. The lowest BCUT2D eigenvalue weighted by Gasteiger charge is -2.39. The summed E-state index contributed by atoms with van der Waals surface area (Å²) in [6, 6.07) is 3.16. The normalized spacial score (nSPS) is 24.5. The van der Waals surface area contributed by atoms with Crippen molar-refractivity contribution < 1.29 is 0 Å². The van der Waals surface area contributed by atoms with Crippen LogP contribution in [-0.4, -0.2) is 50.3 Å². The topological polar surface area (TPSA) is 63.3 Å². The third kappa shape index (κ3) is 4.01. The molecule has 1 N–H and O–H groups in total. The van der Waals surface area contributed by atoms with Gasteiger partial charge in [0.1, 0.15) is 0 Å². The fourth-order valence-corrected chi connectivity index (χ4v) is 4.44. The van der Waals surface area contributed by atoms with E-state index >= 15 is 0 Å². The number of aromatic nitrogens is 4. The molecule has 1 saturated carbocycles. The lowest BCUT2D eigenvalue weighted by atomic mass is 9.93. The standard InChI is InChI=1S/C20H31N7/c1-16-7-10-25(14-19(16)26-12-9-22-15-26)20(21-2)23-13-17-8-11-27(24-17)18-5-3-4-6-18/h8-9,11-12,15-16,18-19H,3-7,10,13-14H2,1-2H3,(H,21,23). The first kappa shape index (κ1) is 18.1. The fourth-order valence-electron chi connectivity index (χ4n) is 4.44. The number of hydrogen-bond donors (Lipinski definition) is 1. The van der Waals surface area contributed by atoms with Gasteiger partial charge >= 0.3 is 0 Å². The zero-order valence-corrected chi connectivity index (χ0v) is 16.5. The van der Waals surface area contributed by atoms with Crippen molar-refractivity contribution in [1.29, 1.82) is 0 Å². The first-order valence-electron chi connectivity index (χ1n) is 10.2. The summed E-state index contributed by atoms with van der Waals surface area (Å²) in [5.74, 6) is 1.60. The number of piperidine rings is 1. The summed E-state index contributed by atoms with van der Waals surface area (Å²) in [5, 5.41) is 8.29. The average Bonchev–Trinajstić information content (AvgIpc) is 3.45. The number of aliphatic imine (C=N–C) groups is 1. The third-order valence-corrected chi connectivity index (χ3v) is 6.13. The Balaban J connectivity index is 1.36. The third-order valence-electron chi connectivity index (χ3n) is 6.13. The summed E-state index contributed by atoms with van der Waals surface area (Å²) in [7, 11) is 1.86. The van der Waals surface area contributed by atoms with E-state index in [2.05, 4.69) is 54.8 Å². The molecular weight excluding hydrogens is 338 g/mol. The van der Waals surface area contributed by atoms with Crippen LogP contribution in [0, 0.1) is 5.92 Å². The number of guanidine groups is 1. The first-order chi connectivity index (χ1) is 13.2. The predicted octanol–water partition coefficient (Wildman–Crippen LogP) is 2.85. The van der Waals surface area contributed by atoms with Crippen molar-refractivity contribution in [3.8, 4) is 0 Å². The van der Waals surface area contributed by atoms with E-state index in [1.54, 1.807) is 0 Å². The molecule has 2 unspecified atom stereocenters. The van der Waals surface area contributed by atoms with Crippen LogP contribution in [0.2, 0.25) is 0 Å². The number of nitrogens with one attached hydrogen (secondary N) is 1. The van der Waals surface area contributed by atoms with Gasteiger partial charge in [-0.3, -0.25) is 9.67 Å². The fraction of sp³-hybridized carbons (Fsp3) is 0.650. The Labute approximate surface area is 161 Å². The Kier molecular flexibility index (Phi) is 5.45. The van der Waals surface area contributed by atoms with Crippen LogP contribution in [0.25, 0.3) is 0 Å². The maximum atomic E-state index is 4.78. The molecule has 0 aromatic carbocycles. The zero-order chi connectivity index (χ0) is 18.6. The second-order valence-electron chi connectivity index (χ2n) is 7.92. The molecule has 0 bridgehead atoms. The van der Waals surface area contributed by atoms with Crippen LogP contribution in [-0.2, 0) is 6.54 Å². The minimum Gasteiger partial charge on any atom is -0.351 e. The summed E-state index contributed by atoms with van der Waals surface area (Å²) in [4.78, 5) is 11.1. The summed E-state index contributed by atoms with van der Waals surface area (Å²) >= 11 is 0. The van der Waals surface area contributed by atoms with Gasteiger partial charge in [0.05, 0.1) is 30.6 Å². The van der Waals surface area contributed by atoms with Crippen LogP contribution in [0.4, 0.5) is 0 Å². The zero-order valence-electron chi connectivity index (χ0n) is 16.5. The van der Waals surface area contributed by atoms with Gasteiger partial charge in [0.25, 0.3) is 0 Å². The highest BCUT2D eigenvalue weighted by Gasteiger charge is 2.29. The van der Waals surface area contributed by atoms with Crippen molar-refractivity contribution in [1.82, 2.24) is 29.5 Å². The van der Waals surface area contributed by atoms with Gasteiger partial charge in [-0.05, 0) is 31.2 Å². The molecule has 2 aromatic heterocycles. The van der Waals surface area contributed by atoms with E-state index in [4.69, 9.17) is 5.10 Å². The molecule has 4 rings (SSSR count). The van der Waals surface area contributed by atoms with E-state index in [9.17, 15) is 0 Å². The monoisotopic (exact) mass is 369 g/mol. The molecule has 3 heterocycles. The Morgan fingerprint density at radius 3 is 2.85 bits per heavy atom. The van der Waals surface area contributed by atoms with Crippen molar-refractivity contribution in [3.63, 3.8) is 0 Å². The van der Waals surface area contributed by atoms with Crippen LogP contribution < -0.4 is 5.32 Å². The minimum absolute atomic E-state index is 0.432. The maximum absolute atomic E-state index is 4.78. The molecule has 0 radical (unpaired) electrons. The molecule has 27 heavy (non-hydrogen) atoms. The summed E-state index contributed by atoms with van der Waals surface area (Å²) < 4.78 is 4.39. The largest absolute Gasteiger partial charge is 0.351 e. The number of rotatable bonds is 4. The first-order valence-corrected chi connectivity index (χ1v) is 10.2. The van der Waals surface area contributed by atoms with Crippen LogP contribution in [0.15, 0.2) is 36.0 Å². The Hall–Kier alpha value is -2.31. The van der Waals surface area contributed by atoms with Crippen molar-refractivity contribution in [2.24, 2.45) is 10.9 Å². The molecule has 2 aromatic rings. The minimum atomic E-state index is 0.432. The van der Waals surface area contributed by atoms with E-state index in [1.165, 1.54) is 25.7 Å². The molecule has 146 valence electrons. The molecule has 2 fully saturated rings. The number of hydrogen-bond acceptors (Lipinski definition) is 3. The van der Waals surface area contributed by atoms with Gasteiger partial charge in [0, 0.05) is 38.7 Å². The number of imidazole rings is 1. The van der Waals surface area contributed by atoms with Gasteiger partial charge in [-0.15, -0.1) is 0 Å². The van der Waals surface area contributed by atoms with E-state index in [0.717, 1.165) is 31.2 Å². The van der Waals surface area contributed by atoms with Crippen molar-refractivity contribution >= 4 is 5.96 Å². The average molecular weight is 370 g/mol. The predicted molar refractivity (Wildman–Crippen MR) is 107 cm³/mol. The number of nitrogens with zero attached hydrogens (tertiary/aromatic N) is 6. The van der Waals surface area contributed by atoms with Crippen LogP contribution in [0.1, 0.15) is 56.8 Å². The van der Waals surface area contributed by atoms with Gasteiger partial charge in [0.2, 0.25) is 0 Å². The van der Waals surface area contributed by atoms with Gasteiger partial charge < -0.3 is 14.8 Å². The molecule has 1 aliphatic carbocycles. The lowest BCUT2D eigenvalue weighted by molar-refractivity contribution is 0.189. The summed E-state index contributed by atoms with van der Waals surface area (Å²) in [5.41, 5.74) is 1.08. The van der Waals surface area contributed by atoms with E-state index in [1.807, 2.05) is 19.6 Å². The highest BCUT2D eigenvalue weighted by molar-refractivity contribution is 5.80. The Morgan fingerprint density at radius 1 is 1.26 bits per heavy atom. The summed E-state index contributed by atoms with van der Waals surface area (Å²) in [6.07, 6.45) is 14.3. The second-order valence-corrected chi connectivity index (χ2v) is 7.92. The molecule has 1 saturated heterocycles. The van der Waals surface area contributed by atoms with Gasteiger partial charge in [-0.25, -0.2) is 4.98 Å². The van der Waals surface area contributed by atoms with E-state index < -0.39 is 0 Å². The maximum Gasteiger partial charge on any atom is 0.194 e. The van der Waals surface area contributed by atoms with Gasteiger partial charge in [-0.1, -0.05) is 19.8 Å². The summed E-state index contributed by atoms with van der Waals surface area (Å²) in [6.45, 7) is 5.03. The van der Waals surface area contributed by atoms with Crippen LogP contribution in [0.5, 0.6) is 0 Å². The molecular formula is C20H31N7. The molecule has 1 aliphatic heterocycles. The molecule has 7 heteroatoms. The smallest absolute Gasteiger partial charge is 0.194 e. The van der Waals surface area contributed by atoms with Crippen LogP contribution >= 0.6 is 0 Å². The molecule has 2 atom stereocenters. The van der Waals surface area contributed by atoms with Gasteiger partial charge in [0.15, 0.2) is 5.96 Å². The second kappa shape index (κ2) is 8.15. The van der Waals surface area contributed by atoms with E-state index in [-0.39, 0.29) is 0 Å².